The van der Waals surface area contributed by atoms with Gasteiger partial charge >= 0.3 is 5.97 Å². The molecule has 0 saturated heterocycles. The van der Waals surface area contributed by atoms with Gasteiger partial charge in [-0.1, -0.05) is 12.1 Å². The fourth-order valence-corrected chi connectivity index (χ4v) is 3.11. The minimum absolute atomic E-state index is 0.0710. The molecule has 0 bridgehead atoms. The van der Waals surface area contributed by atoms with Crippen molar-refractivity contribution in [3.8, 4) is 5.75 Å². The van der Waals surface area contributed by atoms with Gasteiger partial charge in [0.2, 0.25) is 10.0 Å². The number of esters is 1. The number of hydrogen-bond acceptors (Lipinski definition) is 6. The molecule has 2 aromatic carbocycles. The molecule has 0 aliphatic heterocycles. The SMILES string of the molecule is COc1ccc(C(=O)OCc2ccc(SC)cc2)cc1S(N)(=O)=O. The van der Waals surface area contributed by atoms with Crippen molar-refractivity contribution in [1.29, 1.82) is 0 Å². The van der Waals surface area contributed by atoms with Gasteiger partial charge in [0.1, 0.15) is 17.3 Å². The zero-order valence-electron chi connectivity index (χ0n) is 13.2. The number of ether oxygens (including phenoxy) is 2. The van der Waals surface area contributed by atoms with Crippen LogP contribution >= 0.6 is 11.8 Å². The van der Waals surface area contributed by atoms with Crippen molar-refractivity contribution in [2.24, 2.45) is 5.14 Å². The number of carbonyl (C=O) groups is 1. The summed E-state index contributed by atoms with van der Waals surface area (Å²) in [5, 5.41) is 5.13. The second-order valence-corrected chi connectivity index (χ2v) is 7.24. The van der Waals surface area contributed by atoms with Crippen LogP contribution in [0.15, 0.2) is 52.3 Å². The first-order chi connectivity index (χ1) is 11.3. The molecule has 0 radical (unpaired) electrons. The number of thioether (sulfide) groups is 1. The van der Waals surface area contributed by atoms with Gasteiger partial charge < -0.3 is 9.47 Å². The van der Waals surface area contributed by atoms with E-state index >= 15 is 0 Å². The molecule has 0 aliphatic carbocycles. The average molecular weight is 367 g/mol. The normalized spacial score (nSPS) is 11.1. The number of benzene rings is 2. The minimum Gasteiger partial charge on any atom is -0.495 e. The summed E-state index contributed by atoms with van der Waals surface area (Å²) in [4.78, 5) is 13.0. The van der Waals surface area contributed by atoms with Gasteiger partial charge in [0.25, 0.3) is 0 Å². The van der Waals surface area contributed by atoms with Gasteiger partial charge in [-0.3, -0.25) is 0 Å². The quantitative estimate of drug-likeness (QED) is 0.622. The highest BCUT2D eigenvalue weighted by atomic mass is 32.2. The summed E-state index contributed by atoms with van der Waals surface area (Å²) in [7, 11) is -2.69. The highest BCUT2D eigenvalue weighted by molar-refractivity contribution is 7.98. The molecule has 0 amide bonds. The number of carbonyl (C=O) groups excluding carboxylic acids is 1. The van der Waals surface area contributed by atoms with Gasteiger partial charge in [0.05, 0.1) is 12.7 Å². The van der Waals surface area contributed by atoms with Gasteiger partial charge in [-0.05, 0) is 42.2 Å². The Morgan fingerprint density at radius 3 is 2.38 bits per heavy atom. The predicted molar refractivity (Wildman–Crippen MR) is 91.7 cm³/mol. The number of rotatable bonds is 6. The van der Waals surface area contributed by atoms with Crippen molar-refractivity contribution in [3.63, 3.8) is 0 Å². The van der Waals surface area contributed by atoms with E-state index in [0.29, 0.717) is 0 Å². The van der Waals surface area contributed by atoms with Crippen molar-refractivity contribution >= 4 is 27.8 Å². The molecule has 24 heavy (non-hydrogen) atoms. The Labute approximate surface area is 145 Å². The minimum atomic E-state index is -4.01. The molecule has 0 saturated carbocycles. The predicted octanol–water partition coefficient (Wildman–Crippen LogP) is 2.42. The first-order valence-electron chi connectivity index (χ1n) is 6.86. The molecule has 6 nitrogen and oxygen atoms in total. The molecule has 2 rings (SSSR count). The number of hydrogen-bond donors (Lipinski definition) is 1. The number of methoxy groups -OCH3 is 1. The topological polar surface area (TPSA) is 95.7 Å². The van der Waals surface area contributed by atoms with Gasteiger partial charge in [0.15, 0.2) is 0 Å². The van der Waals surface area contributed by atoms with E-state index in [4.69, 9.17) is 14.6 Å². The smallest absolute Gasteiger partial charge is 0.338 e. The molecule has 2 N–H and O–H groups in total. The molecule has 128 valence electrons. The van der Waals surface area contributed by atoms with Gasteiger partial charge in [-0.2, -0.15) is 0 Å². The third-order valence-corrected chi connectivity index (χ3v) is 4.91. The Morgan fingerprint density at radius 1 is 1.17 bits per heavy atom. The van der Waals surface area contributed by atoms with E-state index in [9.17, 15) is 13.2 Å². The van der Waals surface area contributed by atoms with Crippen LogP contribution in [0.4, 0.5) is 0 Å². The largest absolute Gasteiger partial charge is 0.495 e. The summed E-state index contributed by atoms with van der Waals surface area (Å²) < 4.78 is 33.3. The third-order valence-electron chi connectivity index (χ3n) is 3.23. The molecular formula is C16H17NO5S2. The fraction of sp³-hybridized carbons (Fsp3) is 0.188. The summed E-state index contributed by atoms with van der Waals surface area (Å²) in [6.07, 6.45) is 1.97. The molecule has 8 heteroatoms. The second-order valence-electron chi connectivity index (χ2n) is 4.83. The lowest BCUT2D eigenvalue weighted by Gasteiger charge is -2.09. The Hall–Kier alpha value is -2.03. The van der Waals surface area contributed by atoms with Crippen LogP contribution in [-0.4, -0.2) is 27.8 Å². The lowest BCUT2D eigenvalue weighted by molar-refractivity contribution is 0.0472. The van der Waals surface area contributed by atoms with Crippen LogP contribution in [0.25, 0.3) is 0 Å². The lowest BCUT2D eigenvalue weighted by Crippen LogP contribution is -2.15. The highest BCUT2D eigenvalue weighted by Gasteiger charge is 2.18. The molecule has 0 fully saturated rings. The van der Waals surface area contributed by atoms with Crippen LogP contribution in [0.1, 0.15) is 15.9 Å². The lowest BCUT2D eigenvalue weighted by atomic mass is 10.2. The van der Waals surface area contributed by atoms with Crippen LogP contribution in [0.5, 0.6) is 5.75 Å². The molecular weight excluding hydrogens is 350 g/mol. The summed E-state index contributed by atoms with van der Waals surface area (Å²) >= 11 is 1.62. The maximum atomic E-state index is 12.1. The second kappa shape index (κ2) is 7.69. The number of primary sulfonamides is 1. The maximum absolute atomic E-state index is 12.1. The standard InChI is InChI=1S/C16H17NO5S2/c1-21-14-8-5-12(9-15(14)24(17,19)20)16(18)22-10-11-3-6-13(23-2)7-4-11/h3-9H,10H2,1-2H3,(H2,17,19,20). The number of sulfonamides is 1. The van der Waals surface area contributed by atoms with Crippen molar-refractivity contribution in [3.05, 3.63) is 53.6 Å². The van der Waals surface area contributed by atoms with E-state index < -0.39 is 16.0 Å². The Kier molecular flexibility index (Phi) is 5.87. The first kappa shape index (κ1) is 18.3. The van der Waals surface area contributed by atoms with Crippen molar-refractivity contribution < 1.29 is 22.7 Å². The van der Waals surface area contributed by atoms with Gasteiger partial charge in [-0.15, -0.1) is 11.8 Å². The van der Waals surface area contributed by atoms with E-state index in [1.807, 2.05) is 30.5 Å². The van der Waals surface area contributed by atoms with E-state index in [2.05, 4.69) is 0 Å². The average Bonchev–Trinajstić information content (AvgIpc) is 2.58. The third kappa shape index (κ3) is 4.50. The van der Waals surface area contributed by atoms with Gasteiger partial charge in [0, 0.05) is 4.90 Å². The van der Waals surface area contributed by atoms with E-state index in [-0.39, 0.29) is 22.8 Å². The molecule has 0 unspecified atom stereocenters. The van der Waals surface area contributed by atoms with Crippen LogP contribution in [0.2, 0.25) is 0 Å². The van der Waals surface area contributed by atoms with E-state index in [0.717, 1.165) is 16.5 Å². The molecule has 2 aromatic rings. The molecule has 0 heterocycles. The molecule has 0 spiro atoms. The molecule has 0 aliphatic rings. The van der Waals surface area contributed by atoms with Crippen LogP contribution in [0, 0.1) is 0 Å². The van der Waals surface area contributed by atoms with Gasteiger partial charge in [-0.25, -0.2) is 18.4 Å². The Bertz CT molecular complexity index is 832. The van der Waals surface area contributed by atoms with Crippen molar-refractivity contribution in [2.75, 3.05) is 13.4 Å². The summed E-state index contributed by atoms with van der Waals surface area (Å²) in [5.74, 6) is -0.571. The van der Waals surface area contributed by atoms with Crippen LogP contribution in [-0.2, 0) is 21.4 Å². The van der Waals surface area contributed by atoms with E-state index in [1.165, 1.54) is 19.2 Å². The summed E-state index contributed by atoms with van der Waals surface area (Å²) in [6, 6.07) is 11.5. The number of nitrogens with two attached hydrogens (primary N) is 1. The fourth-order valence-electron chi connectivity index (χ4n) is 1.98. The summed E-state index contributed by atoms with van der Waals surface area (Å²) in [5.41, 5.74) is 0.918. The van der Waals surface area contributed by atoms with Crippen molar-refractivity contribution in [1.82, 2.24) is 0 Å². The van der Waals surface area contributed by atoms with Crippen LogP contribution in [0.3, 0.4) is 0 Å². The zero-order chi connectivity index (χ0) is 17.7. The molecule has 0 atom stereocenters. The molecule has 0 aromatic heterocycles. The highest BCUT2D eigenvalue weighted by Crippen LogP contribution is 2.24. The van der Waals surface area contributed by atoms with Crippen molar-refractivity contribution in [2.45, 2.75) is 16.4 Å². The monoisotopic (exact) mass is 367 g/mol. The Balaban J connectivity index is 2.14. The maximum Gasteiger partial charge on any atom is 0.338 e. The Morgan fingerprint density at radius 2 is 1.83 bits per heavy atom. The van der Waals surface area contributed by atoms with E-state index in [1.54, 1.807) is 11.8 Å². The van der Waals surface area contributed by atoms with Crippen LogP contribution < -0.4 is 9.88 Å². The zero-order valence-corrected chi connectivity index (χ0v) is 14.8. The summed E-state index contributed by atoms with van der Waals surface area (Å²) in [6.45, 7) is 0.0875. The first-order valence-corrected chi connectivity index (χ1v) is 9.63.